The summed E-state index contributed by atoms with van der Waals surface area (Å²) in [7, 11) is -7.51. The van der Waals surface area contributed by atoms with Gasteiger partial charge in [-0.3, -0.25) is 13.8 Å². The minimum absolute atomic E-state index is 0.0609. The summed E-state index contributed by atoms with van der Waals surface area (Å²) < 4.78 is 91.6. The first kappa shape index (κ1) is 27.6. The molecule has 0 bridgehead atoms. The molecule has 5 rings (SSSR count). The van der Waals surface area contributed by atoms with Crippen molar-refractivity contribution in [3.63, 3.8) is 0 Å². The molecule has 3 heterocycles. The van der Waals surface area contributed by atoms with Gasteiger partial charge in [0.05, 0.1) is 33.5 Å². The summed E-state index contributed by atoms with van der Waals surface area (Å²) >= 11 is 7.14. The fraction of sp³-hybridized carbons (Fsp3) is 0.174. The van der Waals surface area contributed by atoms with Crippen molar-refractivity contribution in [2.75, 3.05) is 34.2 Å². The summed E-state index contributed by atoms with van der Waals surface area (Å²) in [6, 6.07) is 7.95. The van der Waals surface area contributed by atoms with Crippen molar-refractivity contribution in [2.45, 2.75) is 4.90 Å². The van der Waals surface area contributed by atoms with Gasteiger partial charge in [0.2, 0.25) is 5.28 Å². The van der Waals surface area contributed by atoms with Gasteiger partial charge in [0.15, 0.2) is 15.8 Å². The van der Waals surface area contributed by atoms with Crippen molar-refractivity contribution >= 4 is 54.4 Å². The lowest BCUT2D eigenvalue weighted by molar-refractivity contribution is 0.479. The maximum Gasteiger partial charge on any atom is 0.267 e. The number of sulfonamides is 1. The molecule has 1 aliphatic heterocycles. The molecule has 0 radical (unpaired) electrons. The van der Waals surface area contributed by atoms with Crippen LogP contribution in [0.3, 0.4) is 0 Å². The van der Waals surface area contributed by atoms with Gasteiger partial charge in [0.25, 0.3) is 10.0 Å². The predicted octanol–water partition coefficient (Wildman–Crippen LogP) is 5.71. The minimum Gasteiger partial charge on any atom is -0.345 e. The highest BCUT2D eigenvalue weighted by atomic mass is 35.5. The van der Waals surface area contributed by atoms with E-state index in [4.69, 9.17) is 11.6 Å². The van der Waals surface area contributed by atoms with E-state index in [1.54, 1.807) is 6.07 Å². The smallest absolute Gasteiger partial charge is 0.267 e. The van der Waals surface area contributed by atoms with Gasteiger partial charge in [-0.05, 0) is 41.9 Å². The molecule has 16 heteroatoms. The van der Waals surface area contributed by atoms with Crippen LogP contribution in [0, 0.1) is 17.5 Å². The Bertz CT molecular complexity index is 1640. The van der Waals surface area contributed by atoms with Gasteiger partial charge >= 0.3 is 0 Å². The highest BCUT2D eigenvalue weighted by Gasteiger charge is 2.29. The highest BCUT2D eigenvalue weighted by molar-refractivity contribution is 8.24. The van der Waals surface area contributed by atoms with E-state index in [9.17, 15) is 26.3 Å². The summed E-state index contributed by atoms with van der Waals surface area (Å²) in [5, 5.41) is 0.387. The van der Waals surface area contributed by atoms with Gasteiger partial charge in [0.1, 0.15) is 11.6 Å². The van der Waals surface area contributed by atoms with Crippen LogP contribution in [0.5, 0.6) is 0 Å². The first-order chi connectivity index (χ1) is 18.4. The Morgan fingerprint density at radius 1 is 1.00 bits per heavy atom. The molecule has 0 atom stereocenters. The quantitative estimate of drug-likeness (QED) is 0.235. The van der Waals surface area contributed by atoms with Crippen molar-refractivity contribution in [1.82, 2.24) is 15.0 Å². The number of hydrogen-bond donors (Lipinski definition) is 3. The second kappa shape index (κ2) is 10.6. The van der Waals surface area contributed by atoms with Crippen LogP contribution < -0.4 is 9.62 Å². The van der Waals surface area contributed by atoms with Crippen LogP contribution in [0.15, 0.2) is 53.6 Å². The van der Waals surface area contributed by atoms with Gasteiger partial charge in [-0.15, -0.1) is 0 Å². The van der Waals surface area contributed by atoms with E-state index >= 15 is 4.39 Å². The van der Waals surface area contributed by atoms with Gasteiger partial charge in [-0.1, -0.05) is 23.5 Å². The summed E-state index contributed by atoms with van der Waals surface area (Å²) in [5.41, 5.74) is -0.229. The van der Waals surface area contributed by atoms with Crippen molar-refractivity contribution < 1.29 is 30.7 Å². The Morgan fingerprint density at radius 2 is 1.67 bits per heavy atom. The molecule has 3 N–H and O–H groups in total. The molecule has 206 valence electrons. The van der Waals surface area contributed by atoms with Crippen LogP contribution in [0.25, 0.3) is 21.8 Å². The minimum atomic E-state index is -4.84. The third-order valence-electron chi connectivity index (χ3n) is 5.81. The monoisotopic (exact) mass is 617 g/mol. The molecule has 39 heavy (non-hydrogen) atoms. The maximum atomic E-state index is 15.8. The summed E-state index contributed by atoms with van der Waals surface area (Å²) in [6.07, 6.45) is 1.41. The molecule has 2 aromatic carbocycles. The Hall–Kier alpha value is -2.95. The lowest BCUT2D eigenvalue weighted by Crippen LogP contribution is -2.38. The molecule has 0 amide bonds. The zero-order chi connectivity index (χ0) is 27.9. The van der Waals surface area contributed by atoms with Crippen molar-refractivity contribution in [3.8, 4) is 21.8 Å². The second-order valence-corrected chi connectivity index (χ2v) is 13.8. The average molecular weight is 618 g/mol. The number of hydrogen-bond acceptors (Lipinski definition) is 9. The predicted molar refractivity (Wildman–Crippen MR) is 146 cm³/mol. The SMILES string of the molecule is O=S(=O)(Nc1cccc(-c2nc(N3CCS(O)(O)CC3)sc2-c2ccnc(Cl)n2)c1F)c1c(F)cccc1F. The van der Waals surface area contributed by atoms with E-state index in [2.05, 4.69) is 15.0 Å². The number of benzene rings is 2. The van der Waals surface area contributed by atoms with E-state index in [0.717, 1.165) is 35.6 Å². The van der Waals surface area contributed by atoms with E-state index in [1.165, 1.54) is 18.3 Å². The Morgan fingerprint density at radius 3 is 2.33 bits per heavy atom. The number of thiazole rings is 1. The van der Waals surface area contributed by atoms with E-state index in [-0.39, 0.29) is 28.0 Å². The number of aromatic nitrogens is 3. The lowest BCUT2D eigenvalue weighted by Gasteiger charge is -2.40. The van der Waals surface area contributed by atoms with Crippen LogP contribution in [-0.4, -0.2) is 57.1 Å². The topological polar surface area (TPSA) is 129 Å². The van der Waals surface area contributed by atoms with Crippen LogP contribution in [0.4, 0.5) is 24.0 Å². The molecule has 4 aromatic rings. The Labute approximate surface area is 231 Å². The van der Waals surface area contributed by atoms with Crippen LogP contribution >= 0.6 is 33.5 Å². The fourth-order valence-electron chi connectivity index (χ4n) is 3.91. The van der Waals surface area contributed by atoms with Crippen LogP contribution in [0.1, 0.15) is 0 Å². The molecule has 9 nitrogen and oxygen atoms in total. The van der Waals surface area contributed by atoms with Crippen LogP contribution in [-0.2, 0) is 10.0 Å². The summed E-state index contributed by atoms with van der Waals surface area (Å²) in [5.74, 6) is -3.40. The molecule has 0 saturated carbocycles. The Balaban J connectivity index is 1.58. The molecule has 1 aliphatic rings. The molecular weight excluding hydrogens is 599 g/mol. The molecule has 1 fully saturated rings. The number of rotatable bonds is 6. The standard InChI is InChI=1S/C23H19ClF3N5O4S3/c24-22-28-8-7-17(29-22)20-19(30-23(37-20)32-9-11-38(33,34)12-10-32)13-3-1-6-16(18(13)27)31-39(35,36)21-14(25)4-2-5-15(21)26/h1-8,31,33-34H,9-12H2. The highest BCUT2D eigenvalue weighted by Crippen LogP contribution is 2.45. The first-order valence-electron chi connectivity index (χ1n) is 11.2. The van der Waals surface area contributed by atoms with Crippen molar-refractivity contribution in [1.29, 1.82) is 0 Å². The summed E-state index contributed by atoms with van der Waals surface area (Å²) in [4.78, 5) is 13.6. The van der Waals surface area contributed by atoms with E-state index in [0.29, 0.717) is 28.8 Å². The van der Waals surface area contributed by atoms with Gasteiger partial charge in [-0.2, -0.15) is 10.6 Å². The number of nitrogens with zero attached hydrogens (tertiary/aromatic N) is 4. The summed E-state index contributed by atoms with van der Waals surface area (Å²) in [6.45, 7) is 0.603. The molecule has 0 aliphatic carbocycles. The third-order valence-corrected chi connectivity index (χ3v) is 10.2. The van der Waals surface area contributed by atoms with Crippen molar-refractivity contribution in [2.24, 2.45) is 0 Å². The molecular formula is C23H19ClF3N5O4S3. The second-order valence-electron chi connectivity index (χ2n) is 8.41. The van der Waals surface area contributed by atoms with Crippen LogP contribution in [0.2, 0.25) is 5.28 Å². The molecule has 0 spiro atoms. The lowest BCUT2D eigenvalue weighted by atomic mass is 10.1. The zero-order valence-electron chi connectivity index (χ0n) is 19.7. The largest absolute Gasteiger partial charge is 0.345 e. The normalized spacial score (nSPS) is 16.2. The molecule has 1 saturated heterocycles. The van der Waals surface area contributed by atoms with Gasteiger partial charge in [-0.25, -0.2) is 36.5 Å². The van der Waals surface area contributed by atoms with Gasteiger partial charge in [0, 0.05) is 24.8 Å². The van der Waals surface area contributed by atoms with Crippen molar-refractivity contribution in [3.05, 3.63) is 71.4 Å². The zero-order valence-corrected chi connectivity index (χ0v) is 22.9. The molecule has 0 unspecified atom stereocenters. The van der Waals surface area contributed by atoms with E-state index in [1.807, 2.05) is 9.62 Å². The number of anilines is 2. The first-order valence-corrected chi connectivity index (χ1v) is 15.8. The van der Waals surface area contributed by atoms with Gasteiger partial charge < -0.3 is 4.90 Å². The molecule has 2 aromatic heterocycles. The fourth-order valence-corrected chi connectivity index (χ4v) is 7.59. The Kier molecular flexibility index (Phi) is 7.47. The average Bonchev–Trinajstić information content (AvgIpc) is 3.30. The number of halogens is 4. The maximum absolute atomic E-state index is 15.8. The van der Waals surface area contributed by atoms with E-state index < -0.39 is 48.6 Å². The number of nitrogens with one attached hydrogen (secondary N) is 1. The third kappa shape index (κ3) is 5.69.